The minimum atomic E-state index is -3.06. The smallest absolute Gasteiger partial charge is 0.365 e. The first-order valence-corrected chi connectivity index (χ1v) is 3.60. The quantitative estimate of drug-likeness (QED) is 0.591. The summed E-state index contributed by atoms with van der Waals surface area (Å²) in [5.74, 6) is -0.823. The van der Waals surface area contributed by atoms with Gasteiger partial charge in [0, 0.05) is 0 Å². The molecule has 0 atom stereocenters. The van der Waals surface area contributed by atoms with Crippen LogP contribution in [0.15, 0.2) is 6.07 Å². The van der Waals surface area contributed by atoms with Crippen LogP contribution in [0.5, 0.6) is 0 Å². The summed E-state index contributed by atoms with van der Waals surface area (Å²) in [4.78, 5) is 12.4. The molecule has 0 aliphatic heterocycles. The summed E-state index contributed by atoms with van der Waals surface area (Å²) in [6, 6.07) is 2.23. The van der Waals surface area contributed by atoms with E-state index in [1.54, 1.807) is 0 Å². The van der Waals surface area contributed by atoms with E-state index in [0.717, 1.165) is 6.07 Å². The largest absolute Gasteiger partial charge is 0.394 e. The predicted molar refractivity (Wildman–Crippen MR) is 45.0 cm³/mol. The van der Waals surface area contributed by atoms with Crippen molar-refractivity contribution < 1.29 is 13.7 Å². The standard InChI is InChI=1S/C7H4F2N4O2/c8-7(9)6-5(11)3(2-10)1-4(12-6)13(14)15/h1,7H,11H2. The molecule has 15 heavy (non-hydrogen) atoms. The van der Waals surface area contributed by atoms with Gasteiger partial charge in [-0.2, -0.15) is 5.26 Å². The normalized spacial score (nSPS) is 10.0. The second-order valence-corrected chi connectivity index (χ2v) is 2.50. The average Bonchev–Trinajstić information content (AvgIpc) is 2.17. The Hall–Kier alpha value is -2.30. The number of nitro groups is 1. The fraction of sp³-hybridized carbons (Fsp3) is 0.143. The van der Waals surface area contributed by atoms with Gasteiger partial charge in [-0.25, -0.2) is 8.78 Å². The summed E-state index contributed by atoms with van der Waals surface area (Å²) in [5, 5.41) is 18.8. The van der Waals surface area contributed by atoms with E-state index in [0.29, 0.717) is 0 Å². The molecule has 1 aromatic rings. The van der Waals surface area contributed by atoms with Gasteiger partial charge in [-0.15, -0.1) is 0 Å². The summed E-state index contributed by atoms with van der Waals surface area (Å²) >= 11 is 0. The van der Waals surface area contributed by atoms with E-state index in [1.165, 1.54) is 6.07 Å². The fourth-order valence-electron chi connectivity index (χ4n) is 0.913. The van der Waals surface area contributed by atoms with Gasteiger partial charge >= 0.3 is 12.2 Å². The zero-order valence-electron chi connectivity index (χ0n) is 7.15. The van der Waals surface area contributed by atoms with Crippen LogP contribution in [0.25, 0.3) is 0 Å². The molecular weight excluding hydrogens is 210 g/mol. The predicted octanol–water partition coefficient (Wildman–Crippen LogP) is 1.38. The molecule has 2 N–H and O–H groups in total. The number of nitrogen functional groups attached to an aromatic ring is 1. The van der Waals surface area contributed by atoms with Crippen molar-refractivity contribution in [2.75, 3.05) is 5.73 Å². The lowest BCUT2D eigenvalue weighted by atomic mass is 10.2. The highest BCUT2D eigenvalue weighted by Gasteiger charge is 2.25. The summed E-state index contributed by atoms with van der Waals surface area (Å²) in [6.07, 6.45) is -3.06. The molecule has 8 heteroatoms. The van der Waals surface area contributed by atoms with Gasteiger partial charge in [-0.05, 0) is 9.91 Å². The van der Waals surface area contributed by atoms with Crippen molar-refractivity contribution in [3.63, 3.8) is 0 Å². The molecule has 0 fully saturated rings. The van der Waals surface area contributed by atoms with Gasteiger partial charge in [-0.3, -0.25) is 0 Å². The summed E-state index contributed by atoms with van der Waals surface area (Å²) < 4.78 is 24.6. The van der Waals surface area contributed by atoms with Crippen LogP contribution < -0.4 is 5.73 Å². The van der Waals surface area contributed by atoms with Gasteiger partial charge in [0.1, 0.15) is 11.8 Å². The Morgan fingerprint density at radius 1 is 1.67 bits per heavy atom. The molecule has 0 saturated heterocycles. The van der Waals surface area contributed by atoms with Gasteiger partial charge in [0.25, 0.3) is 0 Å². The molecule has 6 nitrogen and oxygen atoms in total. The molecule has 1 rings (SSSR count). The Labute approximate surface area is 82.1 Å². The number of rotatable bonds is 2. The Morgan fingerprint density at radius 3 is 2.67 bits per heavy atom. The van der Waals surface area contributed by atoms with Crippen molar-refractivity contribution in [3.05, 3.63) is 27.4 Å². The zero-order chi connectivity index (χ0) is 11.6. The van der Waals surface area contributed by atoms with Crippen molar-refractivity contribution in [2.45, 2.75) is 6.43 Å². The third kappa shape index (κ3) is 1.96. The molecule has 0 aliphatic carbocycles. The Bertz CT molecular complexity index is 455. The van der Waals surface area contributed by atoms with Gasteiger partial charge < -0.3 is 15.8 Å². The van der Waals surface area contributed by atoms with E-state index in [9.17, 15) is 18.9 Å². The molecule has 0 radical (unpaired) electrons. The van der Waals surface area contributed by atoms with Crippen molar-refractivity contribution in [1.29, 1.82) is 5.26 Å². The molecule has 0 saturated carbocycles. The van der Waals surface area contributed by atoms with Gasteiger partial charge in [-0.1, -0.05) is 0 Å². The fourth-order valence-corrected chi connectivity index (χ4v) is 0.913. The van der Waals surface area contributed by atoms with Crippen LogP contribution in [0.4, 0.5) is 20.3 Å². The molecule has 0 unspecified atom stereocenters. The third-order valence-corrected chi connectivity index (χ3v) is 1.59. The molecule has 0 aliphatic rings. The maximum atomic E-state index is 12.3. The van der Waals surface area contributed by atoms with Crippen LogP contribution in [-0.2, 0) is 0 Å². The first-order chi connectivity index (χ1) is 6.97. The SMILES string of the molecule is N#Cc1cc([N+](=O)[O-])nc(C(F)F)c1N. The van der Waals surface area contributed by atoms with E-state index < -0.39 is 28.5 Å². The van der Waals surface area contributed by atoms with Crippen molar-refractivity contribution >= 4 is 11.5 Å². The molecule has 0 bridgehead atoms. The number of pyridine rings is 1. The number of nitrogens with zero attached hydrogens (tertiary/aromatic N) is 3. The van der Waals surface area contributed by atoms with Crippen molar-refractivity contribution in [2.24, 2.45) is 0 Å². The minimum absolute atomic E-state index is 0.382. The van der Waals surface area contributed by atoms with Crippen LogP contribution in [0.1, 0.15) is 17.7 Å². The van der Waals surface area contributed by atoms with Crippen molar-refractivity contribution in [3.8, 4) is 6.07 Å². The first kappa shape index (κ1) is 10.8. The van der Waals surface area contributed by atoms with Crippen LogP contribution >= 0.6 is 0 Å². The minimum Gasteiger partial charge on any atom is -0.394 e. The third-order valence-electron chi connectivity index (χ3n) is 1.59. The second kappa shape index (κ2) is 3.83. The molecular formula is C7H4F2N4O2. The van der Waals surface area contributed by atoms with Gasteiger partial charge in [0.15, 0.2) is 0 Å². The Balaban J connectivity index is 3.47. The number of anilines is 1. The number of halogens is 2. The average molecular weight is 214 g/mol. The lowest BCUT2D eigenvalue weighted by molar-refractivity contribution is -0.389. The van der Waals surface area contributed by atoms with E-state index >= 15 is 0 Å². The van der Waals surface area contributed by atoms with Crippen LogP contribution in [0, 0.1) is 21.4 Å². The number of hydrogen-bond donors (Lipinski definition) is 1. The maximum Gasteiger partial charge on any atom is 0.365 e. The lowest BCUT2D eigenvalue weighted by Crippen LogP contribution is -2.04. The van der Waals surface area contributed by atoms with E-state index in [2.05, 4.69) is 4.98 Å². The maximum absolute atomic E-state index is 12.3. The van der Waals surface area contributed by atoms with E-state index in [-0.39, 0.29) is 5.56 Å². The molecule has 0 spiro atoms. The first-order valence-electron chi connectivity index (χ1n) is 3.60. The lowest BCUT2D eigenvalue weighted by Gasteiger charge is -2.01. The Morgan fingerprint density at radius 2 is 2.27 bits per heavy atom. The van der Waals surface area contributed by atoms with Crippen LogP contribution in [-0.4, -0.2) is 9.91 Å². The Kier molecular flexibility index (Phi) is 2.75. The zero-order valence-corrected chi connectivity index (χ0v) is 7.15. The highest BCUT2D eigenvalue weighted by atomic mass is 19.3. The number of nitriles is 1. The van der Waals surface area contributed by atoms with Crippen LogP contribution in [0.2, 0.25) is 0 Å². The number of nitrogens with two attached hydrogens (primary N) is 1. The van der Waals surface area contributed by atoms with Crippen LogP contribution in [0.3, 0.4) is 0 Å². The number of alkyl halides is 2. The highest BCUT2D eigenvalue weighted by Crippen LogP contribution is 2.28. The molecule has 1 heterocycles. The highest BCUT2D eigenvalue weighted by molar-refractivity contribution is 5.59. The van der Waals surface area contributed by atoms with E-state index in [1.807, 2.05) is 0 Å². The molecule has 1 aromatic heterocycles. The second-order valence-electron chi connectivity index (χ2n) is 2.50. The van der Waals surface area contributed by atoms with Gasteiger partial charge in [0.2, 0.25) is 5.69 Å². The molecule has 0 aromatic carbocycles. The molecule has 0 amide bonds. The summed E-state index contributed by atoms with van der Waals surface area (Å²) in [6.45, 7) is 0. The summed E-state index contributed by atoms with van der Waals surface area (Å²) in [5.41, 5.74) is 3.32. The van der Waals surface area contributed by atoms with Gasteiger partial charge in [0.05, 0.1) is 11.6 Å². The monoisotopic (exact) mass is 214 g/mol. The number of hydrogen-bond acceptors (Lipinski definition) is 5. The summed E-state index contributed by atoms with van der Waals surface area (Å²) in [7, 11) is 0. The number of aromatic nitrogens is 1. The molecule has 78 valence electrons. The topological polar surface area (TPSA) is 106 Å². The van der Waals surface area contributed by atoms with E-state index in [4.69, 9.17) is 11.0 Å². The van der Waals surface area contributed by atoms with Crippen molar-refractivity contribution in [1.82, 2.24) is 4.98 Å².